The Morgan fingerprint density at radius 2 is 2.33 bits per heavy atom. The van der Waals surface area contributed by atoms with Crippen molar-refractivity contribution in [1.29, 1.82) is 0 Å². The largest absolute Gasteiger partial charge is 0.481 e. The van der Waals surface area contributed by atoms with Gasteiger partial charge in [-0.3, -0.25) is 14.9 Å². The summed E-state index contributed by atoms with van der Waals surface area (Å²) in [7, 11) is 0. The van der Waals surface area contributed by atoms with Crippen molar-refractivity contribution in [2.45, 2.75) is 19.4 Å². The summed E-state index contributed by atoms with van der Waals surface area (Å²) in [5, 5.41) is 11.6. The molecule has 0 aromatic heterocycles. The molecular formula is C9H16N2O3S. The average molecular weight is 232 g/mol. The van der Waals surface area contributed by atoms with E-state index in [1.165, 1.54) is 0 Å². The van der Waals surface area contributed by atoms with Crippen LogP contribution in [0.15, 0.2) is 0 Å². The summed E-state index contributed by atoms with van der Waals surface area (Å²) in [6.07, 6.45) is 0.0133. The topological polar surface area (TPSA) is 69.6 Å². The first kappa shape index (κ1) is 12.3. The Balaban J connectivity index is 2.42. The molecule has 5 nitrogen and oxygen atoms in total. The van der Waals surface area contributed by atoms with Crippen molar-refractivity contribution in [3.63, 3.8) is 0 Å². The second-order valence-corrected chi connectivity index (χ2v) is 4.36. The van der Waals surface area contributed by atoms with Gasteiger partial charge in [0.1, 0.15) is 0 Å². The molecule has 1 amide bonds. The molecule has 1 saturated heterocycles. The molecule has 0 spiro atoms. The maximum Gasteiger partial charge on any atom is 0.305 e. The molecule has 0 saturated carbocycles. The lowest BCUT2D eigenvalue weighted by atomic mass is 10.2. The van der Waals surface area contributed by atoms with Gasteiger partial charge in [0.15, 0.2) is 0 Å². The number of thioether (sulfide) groups is 1. The van der Waals surface area contributed by atoms with Gasteiger partial charge in [0, 0.05) is 24.7 Å². The number of carbonyl (C=O) groups excluding carboxylic acids is 1. The maximum absolute atomic E-state index is 11.8. The van der Waals surface area contributed by atoms with Crippen LogP contribution in [0.2, 0.25) is 0 Å². The number of hydrogen-bond acceptors (Lipinski definition) is 4. The Morgan fingerprint density at radius 1 is 1.60 bits per heavy atom. The molecule has 0 radical (unpaired) electrons. The van der Waals surface area contributed by atoms with Crippen LogP contribution in [0.3, 0.4) is 0 Å². The van der Waals surface area contributed by atoms with Gasteiger partial charge >= 0.3 is 5.97 Å². The number of amides is 1. The summed E-state index contributed by atoms with van der Waals surface area (Å²) in [4.78, 5) is 23.8. The highest BCUT2D eigenvalue weighted by Crippen LogP contribution is 2.12. The third-order valence-corrected chi connectivity index (χ3v) is 3.24. The highest BCUT2D eigenvalue weighted by Gasteiger charge is 2.26. The minimum absolute atomic E-state index is 0.0133. The fraction of sp³-hybridized carbons (Fsp3) is 0.778. The first-order valence-electron chi connectivity index (χ1n) is 4.97. The zero-order valence-electron chi connectivity index (χ0n) is 8.73. The van der Waals surface area contributed by atoms with Crippen LogP contribution in [-0.4, -0.2) is 52.6 Å². The molecule has 15 heavy (non-hydrogen) atoms. The maximum atomic E-state index is 11.8. The number of carboxylic acids is 1. The number of nitrogens with zero attached hydrogens (tertiary/aromatic N) is 1. The second-order valence-electron chi connectivity index (χ2n) is 3.33. The quantitative estimate of drug-likeness (QED) is 0.696. The molecule has 0 aromatic carbocycles. The molecule has 1 rings (SSSR count). The fourth-order valence-corrected chi connectivity index (χ4v) is 2.36. The summed E-state index contributed by atoms with van der Waals surface area (Å²) in [5.41, 5.74) is 0. The molecule has 2 N–H and O–H groups in total. The molecule has 1 fully saturated rings. The predicted octanol–water partition coefficient (Wildman–Crippen LogP) is -0.0279. The van der Waals surface area contributed by atoms with E-state index in [1.54, 1.807) is 16.7 Å². The van der Waals surface area contributed by atoms with Gasteiger partial charge in [0.25, 0.3) is 0 Å². The minimum atomic E-state index is -0.866. The van der Waals surface area contributed by atoms with Gasteiger partial charge < -0.3 is 10.0 Å². The van der Waals surface area contributed by atoms with Gasteiger partial charge in [0.05, 0.1) is 12.5 Å². The zero-order chi connectivity index (χ0) is 11.3. The van der Waals surface area contributed by atoms with Crippen molar-refractivity contribution in [2.24, 2.45) is 0 Å². The first-order chi connectivity index (χ1) is 7.15. The van der Waals surface area contributed by atoms with Gasteiger partial charge in [-0.2, -0.15) is 0 Å². The normalized spacial score (nSPS) is 20.2. The van der Waals surface area contributed by atoms with E-state index in [1.807, 2.05) is 6.92 Å². The number of likely N-dealkylation sites (N-methyl/N-ethyl adjacent to an activating group) is 1. The summed E-state index contributed by atoms with van der Waals surface area (Å²) in [6.45, 7) is 2.73. The van der Waals surface area contributed by atoms with Crippen molar-refractivity contribution in [1.82, 2.24) is 10.2 Å². The molecule has 0 bridgehead atoms. The number of carboxylic acid groups (broad SMARTS) is 1. The van der Waals surface area contributed by atoms with Crippen molar-refractivity contribution in [3.8, 4) is 0 Å². The molecule has 0 aromatic rings. The number of aliphatic carboxylic acids is 1. The first-order valence-corrected chi connectivity index (χ1v) is 6.12. The Bertz CT molecular complexity index is 242. The lowest BCUT2D eigenvalue weighted by Crippen LogP contribution is -2.45. The second kappa shape index (κ2) is 5.97. The van der Waals surface area contributed by atoms with Crippen LogP contribution in [0.5, 0.6) is 0 Å². The van der Waals surface area contributed by atoms with Crippen molar-refractivity contribution < 1.29 is 14.7 Å². The monoisotopic (exact) mass is 232 g/mol. The van der Waals surface area contributed by atoms with E-state index in [2.05, 4.69) is 5.32 Å². The van der Waals surface area contributed by atoms with E-state index < -0.39 is 5.97 Å². The van der Waals surface area contributed by atoms with Crippen molar-refractivity contribution in [2.75, 3.05) is 24.7 Å². The zero-order valence-corrected chi connectivity index (χ0v) is 9.55. The van der Waals surface area contributed by atoms with Gasteiger partial charge in [-0.1, -0.05) is 0 Å². The summed E-state index contributed by atoms with van der Waals surface area (Å²) in [5.74, 6) is 0.730. The molecular weight excluding hydrogens is 216 g/mol. The third-order valence-electron chi connectivity index (χ3n) is 2.30. The van der Waals surface area contributed by atoms with E-state index in [4.69, 9.17) is 5.11 Å². The number of nitrogens with one attached hydrogen (secondary N) is 1. The molecule has 6 heteroatoms. The standard InChI is InChI=1S/C9H16N2O3S/c1-2-11(4-3-8(12)13)9(14)7-5-15-6-10-7/h7,10H,2-6H2,1H3,(H,12,13). The van der Waals surface area contributed by atoms with Crippen molar-refractivity contribution >= 4 is 23.6 Å². The SMILES string of the molecule is CCN(CCC(=O)O)C(=O)C1CSCN1. The van der Waals surface area contributed by atoms with E-state index in [-0.39, 0.29) is 18.4 Å². The smallest absolute Gasteiger partial charge is 0.305 e. The lowest BCUT2D eigenvalue weighted by Gasteiger charge is -2.23. The highest BCUT2D eigenvalue weighted by atomic mass is 32.2. The predicted molar refractivity (Wildman–Crippen MR) is 58.8 cm³/mol. The van der Waals surface area contributed by atoms with E-state index in [9.17, 15) is 9.59 Å². The van der Waals surface area contributed by atoms with Gasteiger partial charge in [0.2, 0.25) is 5.91 Å². The van der Waals surface area contributed by atoms with Crippen LogP contribution in [0.1, 0.15) is 13.3 Å². The van der Waals surface area contributed by atoms with Gasteiger partial charge in [-0.25, -0.2) is 0 Å². The van der Waals surface area contributed by atoms with Crippen LogP contribution >= 0.6 is 11.8 Å². The van der Waals surface area contributed by atoms with Crippen LogP contribution in [0.25, 0.3) is 0 Å². The van der Waals surface area contributed by atoms with E-state index >= 15 is 0 Å². The highest BCUT2D eigenvalue weighted by molar-refractivity contribution is 7.99. The van der Waals surface area contributed by atoms with Gasteiger partial charge in [-0.05, 0) is 6.92 Å². The van der Waals surface area contributed by atoms with Crippen LogP contribution in [0, 0.1) is 0 Å². The molecule has 0 aliphatic carbocycles. The summed E-state index contributed by atoms with van der Waals surface area (Å²) in [6, 6.07) is -0.135. The third kappa shape index (κ3) is 3.71. The number of hydrogen-bond donors (Lipinski definition) is 2. The molecule has 1 atom stereocenters. The average Bonchev–Trinajstić information content (AvgIpc) is 2.70. The Morgan fingerprint density at radius 3 is 2.80 bits per heavy atom. The minimum Gasteiger partial charge on any atom is -0.481 e. The molecule has 1 unspecified atom stereocenters. The van der Waals surface area contributed by atoms with Crippen LogP contribution in [-0.2, 0) is 9.59 Å². The Hall–Kier alpha value is -0.750. The lowest BCUT2D eigenvalue weighted by molar-refractivity contribution is -0.138. The van der Waals surface area contributed by atoms with Crippen LogP contribution in [0.4, 0.5) is 0 Å². The van der Waals surface area contributed by atoms with Gasteiger partial charge in [-0.15, -0.1) is 11.8 Å². The van der Waals surface area contributed by atoms with Crippen molar-refractivity contribution in [3.05, 3.63) is 0 Å². The van der Waals surface area contributed by atoms with E-state index in [0.717, 1.165) is 11.6 Å². The van der Waals surface area contributed by atoms with E-state index in [0.29, 0.717) is 13.1 Å². The summed E-state index contributed by atoms with van der Waals surface area (Å²) < 4.78 is 0. The Kier molecular flexibility index (Phi) is 4.90. The fourth-order valence-electron chi connectivity index (χ4n) is 1.43. The molecule has 86 valence electrons. The Labute approximate surface area is 93.2 Å². The molecule has 1 aliphatic rings. The summed E-state index contributed by atoms with van der Waals surface area (Å²) >= 11 is 1.69. The molecule has 1 aliphatic heterocycles. The number of rotatable bonds is 5. The number of carbonyl (C=O) groups is 2. The molecule has 1 heterocycles. The van der Waals surface area contributed by atoms with Crippen LogP contribution < -0.4 is 5.32 Å².